The normalized spacial score (nSPS) is 11.5. The van der Waals surface area contributed by atoms with Crippen molar-refractivity contribution >= 4 is 23.3 Å². The number of fused-ring (bicyclic) bond motifs is 1. The number of hydrogen-bond donors (Lipinski definition) is 1. The van der Waals surface area contributed by atoms with Crippen LogP contribution in [0.15, 0.2) is 18.3 Å². The molecule has 8 heteroatoms. The van der Waals surface area contributed by atoms with Crippen molar-refractivity contribution in [2.45, 2.75) is 0 Å². The first-order valence-corrected chi connectivity index (χ1v) is 3.81. The van der Waals surface area contributed by atoms with E-state index in [1.165, 1.54) is 0 Å². The summed E-state index contributed by atoms with van der Waals surface area (Å²) in [6.45, 7) is -5.13. The Kier molecular flexibility index (Phi) is 3.99. The largest absolute Gasteiger partial charge is 1.00 e. The van der Waals surface area contributed by atoms with E-state index in [0.717, 1.165) is 18.3 Å². The zero-order valence-electron chi connectivity index (χ0n) is 7.77. The number of benzene rings is 1. The molecule has 0 aliphatic heterocycles. The molecular formula is C7H4BF4KN2. The van der Waals surface area contributed by atoms with Crippen molar-refractivity contribution in [3.63, 3.8) is 0 Å². The summed E-state index contributed by atoms with van der Waals surface area (Å²) in [6.07, 6.45) is 0.975. The maximum Gasteiger partial charge on any atom is 1.00 e. The van der Waals surface area contributed by atoms with Gasteiger partial charge in [0.15, 0.2) is 0 Å². The second kappa shape index (κ2) is 4.54. The van der Waals surface area contributed by atoms with Gasteiger partial charge in [-0.15, -0.1) is 0 Å². The fourth-order valence-corrected chi connectivity index (χ4v) is 1.31. The van der Waals surface area contributed by atoms with Crippen molar-refractivity contribution in [2.24, 2.45) is 0 Å². The first-order chi connectivity index (χ1) is 6.50. The molecule has 1 aromatic carbocycles. The van der Waals surface area contributed by atoms with Crippen LogP contribution in [0.1, 0.15) is 0 Å². The smallest absolute Gasteiger partial charge is 0.445 e. The predicted molar refractivity (Wildman–Crippen MR) is 44.8 cm³/mol. The van der Waals surface area contributed by atoms with Crippen molar-refractivity contribution in [3.05, 3.63) is 24.1 Å². The van der Waals surface area contributed by atoms with Gasteiger partial charge in [-0.2, -0.15) is 5.10 Å². The van der Waals surface area contributed by atoms with Crippen LogP contribution < -0.4 is 56.8 Å². The number of H-pyrrole nitrogens is 1. The summed E-state index contributed by atoms with van der Waals surface area (Å²) in [5.41, 5.74) is -1.03. The molecule has 0 aliphatic rings. The number of nitrogens with one attached hydrogen (secondary N) is 1. The molecule has 15 heavy (non-hydrogen) atoms. The van der Waals surface area contributed by atoms with Gasteiger partial charge in [-0.3, -0.25) is 5.10 Å². The van der Waals surface area contributed by atoms with Gasteiger partial charge in [0.2, 0.25) is 0 Å². The number of rotatable bonds is 1. The fraction of sp³-hybridized carbons (Fsp3) is 0. The van der Waals surface area contributed by atoms with Gasteiger partial charge in [0.1, 0.15) is 5.82 Å². The Balaban J connectivity index is 0.00000112. The summed E-state index contributed by atoms with van der Waals surface area (Å²) in [5.74, 6) is -0.735. The molecule has 0 radical (unpaired) electrons. The molecule has 0 bridgehead atoms. The van der Waals surface area contributed by atoms with Crippen LogP contribution >= 0.6 is 0 Å². The Morgan fingerprint density at radius 3 is 2.47 bits per heavy atom. The predicted octanol–water partition coefficient (Wildman–Crippen LogP) is -1.24. The summed E-state index contributed by atoms with van der Waals surface area (Å²) < 4.78 is 50.2. The van der Waals surface area contributed by atoms with Crippen molar-refractivity contribution in [1.82, 2.24) is 10.2 Å². The van der Waals surface area contributed by atoms with Gasteiger partial charge in [0, 0.05) is 0 Å². The van der Waals surface area contributed by atoms with Crippen molar-refractivity contribution in [3.8, 4) is 0 Å². The minimum atomic E-state index is -5.13. The molecular weight excluding hydrogens is 238 g/mol. The molecule has 0 saturated carbocycles. The van der Waals surface area contributed by atoms with Crippen LogP contribution in [0.5, 0.6) is 0 Å². The third-order valence-corrected chi connectivity index (χ3v) is 1.95. The molecule has 1 N–H and O–H groups in total. The molecule has 1 aromatic heterocycles. The standard InChI is InChI=1S/C7H4BF4N2.K/c9-6-2-1-5(8(10,11)12)4-3-13-14-7(4)6;/h1-3H,(H,13,14);/q-1;+1. The number of halogens is 4. The van der Waals surface area contributed by atoms with Gasteiger partial charge >= 0.3 is 58.4 Å². The molecule has 0 spiro atoms. The Bertz CT molecular complexity index is 481. The zero-order valence-corrected chi connectivity index (χ0v) is 10.9. The quantitative estimate of drug-likeness (QED) is 0.492. The van der Waals surface area contributed by atoms with Crippen LogP contribution in [-0.2, 0) is 0 Å². The SMILES string of the molecule is Fc1ccc([B-](F)(F)F)c2cn[nH]c12.[K+]. The van der Waals surface area contributed by atoms with E-state index in [1.54, 1.807) is 0 Å². The zero-order chi connectivity index (χ0) is 10.3. The van der Waals surface area contributed by atoms with E-state index < -0.39 is 18.3 Å². The molecule has 74 valence electrons. The first kappa shape index (κ1) is 13.2. The molecule has 0 unspecified atom stereocenters. The van der Waals surface area contributed by atoms with Gasteiger partial charge in [-0.25, -0.2) is 4.39 Å². The van der Waals surface area contributed by atoms with Crippen LogP contribution in [0, 0.1) is 5.82 Å². The number of hydrogen-bond acceptors (Lipinski definition) is 1. The van der Waals surface area contributed by atoms with Crippen LogP contribution in [-0.4, -0.2) is 17.2 Å². The summed E-state index contributed by atoms with van der Waals surface area (Å²) in [7, 11) is 0. The van der Waals surface area contributed by atoms with Crippen LogP contribution in [0.4, 0.5) is 17.3 Å². The number of aromatic nitrogens is 2. The van der Waals surface area contributed by atoms with Crippen LogP contribution in [0.3, 0.4) is 0 Å². The minimum absolute atomic E-state index is 0. The molecule has 0 saturated heterocycles. The molecule has 0 aliphatic carbocycles. The maximum atomic E-state index is 13.0. The topological polar surface area (TPSA) is 28.7 Å². The summed E-state index contributed by atoms with van der Waals surface area (Å²) in [6, 6.07) is 1.51. The molecule has 0 fully saturated rings. The molecule has 1 heterocycles. The average molecular weight is 242 g/mol. The Morgan fingerprint density at radius 1 is 1.20 bits per heavy atom. The second-order valence-electron chi connectivity index (χ2n) is 2.87. The van der Waals surface area contributed by atoms with Crippen molar-refractivity contribution < 1.29 is 68.7 Å². The molecule has 0 atom stereocenters. The third kappa shape index (κ3) is 2.44. The van der Waals surface area contributed by atoms with Gasteiger partial charge in [0.05, 0.1) is 11.7 Å². The van der Waals surface area contributed by atoms with Crippen LogP contribution in [0.2, 0.25) is 0 Å². The molecule has 2 rings (SSSR count). The van der Waals surface area contributed by atoms with E-state index in [0.29, 0.717) is 0 Å². The Labute approximate surface area is 125 Å². The Hall–Kier alpha value is 0.111. The van der Waals surface area contributed by atoms with Gasteiger partial charge < -0.3 is 12.9 Å². The fourth-order valence-electron chi connectivity index (χ4n) is 1.31. The third-order valence-electron chi connectivity index (χ3n) is 1.95. The minimum Gasteiger partial charge on any atom is -0.445 e. The van der Waals surface area contributed by atoms with Crippen molar-refractivity contribution in [1.29, 1.82) is 0 Å². The summed E-state index contributed by atoms with van der Waals surface area (Å²) in [4.78, 5) is 0. The average Bonchev–Trinajstić information content (AvgIpc) is 2.50. The number of aromatic amines is 1. The second-order valence-corrected chi connectivity index (χ2v) is 2.87. The molecule has 0 amide bonds. The van der Waals surface area contributed by atoms with E-state index >= 15 is 0 Å². The van der Waals surface area contributed by atoms with E-state index in [2.05, 4.69) is 10.2 Å². The summed E-state index contributed by atoms with van der Waals surface area (Å²) >= 11 is 0. The van der Waals surface area contributed by atoms with Gasteiger partial charge in [-0.05, 0) is 11.5 Å². The van der Waals surface area contributed by atoms with Crippen molar-refractivity contribution in [2.75, 3.05) is 0 Å². The maximum absolute atomic E-state index is 13.0. The monoisotopic (exact) mass is 242 g/mol. The van der Waals surface area contributed by atoms with Crippen LogP contribution in [0.25, 0.3) is 10.9 Å². The Morgan fingerprint density at radius 2 is 1.87 bits per heavy atom. The summed E-state index contributed by atoms with van der Waals surface area (Å²) in [5, 5.41) is 5.34. The number of nitrogens with zero attached hydrogens (tertiary/aromatic N) is 1. The van der Waals surface area contributed by atoms with E-state index in [9.17, 15) is 17.3 Å². The first-order valence-electron chi connectivity index (χ1n) is 3.81. The molecule has 2 aromatic rings. The van der Waals surface area contributed by atoms with E-state index in [4.69, 9.17) is 0 Å². The molecule has 2 nitrogen and oxygen atoms in total. The van der Waals surface area contributed by atoms with E-state index in [1.807, 2.05) is 0 Å². The van der Waals surface area contributed by atoms with Gasteiger partial charge in [0.25, 0.3) is 0 Å². The van der Waals surface area contributed by atoms with Gasteiger partial charge in [-0.1, -0.05) is 11.5 Å². The van der Waals surface area contributed by atoms with E-state index in [-0.39, 0.29) is 62.3 Å².